The second-order valence-corrected chi connectivity index (χ2v) is 4.93. The van der Waals surface area contributed by atoms with Crippen LogP contribution in [0.1, 0.15) is 22.8 Å². The minimum absolute atomic E-state index is 0.204. The number of rotatable bonds is 7. The van der Waals surface area contributed by atoms with Gasteiger partial charge in [-0.3, -0.25) is 4.79 Å². The highest BCUT2D eigenvalue weighted by Gasteiger charge is 2.10. The van der Waals surface area contributed by atoms with Crippen molar-refractivity contribution < 1.29 is 18.7 Å². The Kier molecular flexibility index (Phi) is 5.97. The van der Waals surface area contributed by atoms with Crippen LogP contribution < -0.4 is 14.8 Å². The molecule has 122 valence electrons. The van der Waals surface area contributed by atoms with E-state index in [0.29, 0.717) is 36.6 Å². The molecule has 4 nitrogen and oxygen atoms in total. The molecule has 1 amide bonds. The molecule has 2 aromatic carbocycles. The number of hydrogen-bond donors (Lipinski definition) is 1. The lowest BCUT2D eigenvalue weighted by Crippen LogP contribution is -2.25. The SMILES string of the molecule is CCOc1cc(C(=O)NCCc2cccc(F)c2)ccc1OC. The second kappa shape index (κ2) is 8.17. The average Bonchev–Trinajstić information content (AvgIpc) is 2.55. The predicted molar refractivity (Wildman–Crippen MR) is 86.6 cm³/mol. The number of halogens is 1. The molecule has 0 saturated heterocycles. The van der Waals surface area contributed by atoms with E-state index in [1.54, 1.807) is 31.4 Å². The van der Waals surface area contributed by atoms with Gasteiger partial charge in [-0.25, -0.2) is 4.39 Å². The largest absolute Gasteiger partial charge is 0.493 e. The molecule has 0 aliphatic carbocycles. The maximum absolute atomic E-state index is 13.1. The van der Waals surface area contributed by atoms with Crippen LogP contribution in [0.15, 0.2) is 42.5 Å². The summed E-state index contributed by atoms with van der Waals surface area (Å²) in [6.45, 7) is 2.78. The summed E-state index contributed by atoms with van der Waals surface area (Å²) < 4.78 is 23.7. The van der Waals surface area contributed by atoms with Crippen molar-refractivity contribution in [1.29, 1.82) is 0 Å². The Balaban J connectivity index is 1.96. The maximum Gasteiger partial charge on any atom is 0.251 e. The molecule has 0 spiro atoms. The molecule has 2 aromatic rings. The van der Waals surface area contributed by atoms with E-state index in [9.17, 15) is 9.18 Å². The van der Waals surface area contributed by atoms with Gasteiger partial charge < -0.3 is 14.8 Å². The highest BCUT2D eigenvalue weighted by molar-refractivity contribution is 5.94. The lowest BCUT2D eigenvalue weighted by atomic mass is 10.1. The van der Waals surface area contributed by atoms with Crippen molar-refractivity contribution in [2.24, 2.45) is 0 Å². The molecule has 0 fully saturated rings. The summed E-state index contributed by atoms with van der Waals surface area (Å²) in [5.41, 5.74) is 1.34. The Morgan fingerprint density at radius 1 is 1.17 bits per heavy atom. The van der Waals surface area contributed by atoms with Crippen LogP contribution in [-0.4, -0.2) is 26.2 Å². The van der Waals surface area contributed by atoms with Gasteiger partial charge in [-0.2, -0.15) is 0 Å². The van der Waals surface area contributed by atoms with Crippen molar-refractivity contribution in [3.05, 3.63) is 59.4 Å². The third-order valence-electron chi connectivity index (χ3n) is 3.31. The van der Waals surface area contributed by atoms with Crippen molar-refractivity contribution in [3.63, 3.8) is 0 Å². The zero-order chi connectivity index (χ0) is 16.7. The number of hydrogen-bond acceptors (Lipinski definition) is 3. The second-order valence-electron chi connectivity index (χ2n) is 4.93. The molecule has 5 heteroatoms. The van der Waals surface area contributed by atoms with Crippen LogP contribution in [0.5, 0.6) is 11.5 Å². The Morgan fingerprint density at radius 3 is 2.70 bits per heavy atom. The summed E-state index contributed by atoms with van der Waals surface area (Å²) in [5.74, 6) is 0.645. The van der Waals surface area contributed by atoms with Gasteiger partial charge in [0.15, 0.2) is 11.5 Å². The molecule has 0 saturated carbocycles. The summed E-state index contributed by atoms with van der Waals surface area (Å²) in [5, 5.41) is 2.82. The smallest absolute Gasteiger partial charge is 0.251 e. The number of ether oxygens (including phenoxy) is 2. The van der Waals surface area contributed by atoms with Gasteiger partial charge in [-0.1, -0.05) is 12.1 Å². The fraction of sp³-hybridized carbons (Fsp3) is 0.278. The van der Waals surface area contributed by atoms with Crippen LogP contribution in [-0.2, 0) is 6.42 Å². The number of methoxy groups -OCH3 is 1. The molecule has 23 heavy (non-hydrogen) atoms. The van der Waals surface area contributed by atoms with E-state index in [1.807, 2.05) is 13.0 Å². The Hall–Kier alpha value is -2.56. The Morgan fingerprint density at radius 2 is 2.00 bits per heavy atom. The average molecular weight is 317 g/mol. The number of benzene rings is 2. The molecule has 0 aromatic heterocycles. The summed E-state index contributed by atoms with van der Waals surface area (Å²) in [6.07, 6.45) is 0.567. The molecule has 0 bridgehead atoms. The normalized spacial score (nSPS) is 10.2. The topological polar surface area (TPSA) is 47.6 Å². The number of carbonyl (C=O) groups excluding carboxylic acids is 1. The summed E-state index contributed by atoms with van der Waals surface area (Å²) in [7, 11) is 1.55. The van der Waals surface area contributed by atoms with E-state index >= 15 is 0 Å². The molecule has 2 rings (SSSR count). The minimum Gasteiger partial charge on any atom is -0.493 e. The zero-order valence-corrected chi connectivity index (χ0v) is 13.3. The first kappa shape index (κ1) is 16.8. The van der Waals surface area contributed by atoms with E-state index in [1.165, 1.54) is 12.1 Å². The van der Waals surface area contributed by atoms with Crippen LogP contribution in [0.3, 0.4) is 0 Å². The Bertz CT molecular complexity index is 673. The van der Waals surface area contributed by atoms with Gasteiger partial charge in [0.05, 0.1) is 13.7 Å². The molecule has 0 aliphatic rings. The van der Waals surface area contributed by atoms with Crippen molar-refractivity contribution in [2.75, 3.05) is 20.3 Å². The number of carbonyl (C=O) groups is 1. The monoisotopic (exact) mass is 317 g/mol. The fourth-order valence-electron chi connectivity index (χ4n) is 2.20. The third-order valence-corrected chi connectivity index (χ3v) is 3.31. The third kappa shape index (κ3) is 4.71. The lowest BCUT2D eigenvalue weighted by Gasteiger charge is -2.11. The molecule has 1 N–H and O–H groups in total. The molecule has 0 aliphatic heterocycles. The standard InChI is InChI=1S/C18H20FNO3/c1-3-23-17-12-14(7-8-16(17)22-2)18(21)20-10-9-13-5-4-6-15(19)11-13/h4-8,11-12H,3,9-10H2,1-2H3,(H,20,21). The van der Waals surface area contributed by atoms with Crippen molar-refractivity contribution in [2.45, 2.75) is 13.3 Å². The quantitative estimate of drug-likeness (QED) is 0.853. The van der Waals surface area contributed by atoms with Crippen LogP contribution in [0.4, 0.5) is 4.39 Å². The maximum atomic E-state index is 13.1. The van der Waals surface area contributed by atoms with Gasteiger partial charge in [-0.05, 0) is 49.2 Å². The highest BCUT2D eigenvalue weighted by Crippen LogP contribution is 2.27. The summed E-state index contributed by atoms with van der Waals surface area (Å²) in [6, 6.07) is 11.4. The summed E-state index contributed by atoms with van der Waals surface area (Å²) in [4.78, 5) is 12.2. The highest BCUT2D eigenvalue weighted by atomic mass is 19.1. The van der Waals surface area contributed by atoms with Crippen LogP contribution in [0, 0.1) is 5.82 Å². The van der Waals surface area contributed by atoms with Gasteiger partial charge in [-0.15, -0.1) is 0 Å². The molecular weight excluding hydrogens is 297 g/mol. The molecule has 0 radical (unpaired) electrons. The molecule has 0 atom stereocenters. The zero-order valence-electron chi connectivity index (χ0n) is 13.3. The van der Waals surface area contributed by atoms with Gasteiger partial charge >= 0.3 is 0 Å². The van der Waals surface area contributed by atoms with E-state index < -0.39 is 0 Å². The van der Waals surface area contributed by atoms with E-state index in [2.05, 4.69) is 5.32 Å². The Labute approximate surface area is 135 Å². The van der Waals surface area contributed by atoms with E-state index in [-0.39, 0.29) is 11.7 Å². The van der Waals surface area contributed by atoms with Gasteiger partial charge in [0.2, 0.25) is 0 Å². The lowest BCUT2D eigenvalue weighted by molar-refractivity contribution is 0.0953. The number of amides is 1. The number of nitrogens with one attached hydrogen (secondary N) is 1. The first-order valence-electron chi connectivity index (χ1n) is 7.47. The van der Waals surface area contributed by atoms with E-state index in [0.717, 1.165) is 5.56 Å². The molecular formula is C18H20FNO3. The summed E-state index contributed by atoms with van der Waals surface area (Å²) >= 11 is 0. The van der Waals surface area contributed by atoms with Crippen LogP contribution >= 0.6 is 0 Å². The van der Waals surface area contributed by atoms with Crippen molar-refractivity contribution in [1.82, 2.24) is 5.32 Å². The molecule has 0 unspecified atom stereocenters. The molecule has 0 heterocycles. The van der Waals surface area contributed by atoms with Crippen molar-refractivity contribution >= 4 is 5.91 Å². The van der Waals surface area contributed by atoms with Crippen LogP contribution in [0.2, 0.25) is 0 Å². The van der Waals surface area contributed by atoms with Crippen LogP contribution in [0.25, 0.3) is 0 Å². The first-order chi connectivity index (χ1) is 11.1. The predicted octanol–water partition coefficient (Wildman–Crippen LogP) is 3.21. The van der Waals surface area contributed by atoms with Gasteiger partial charge in [0.1, 0.15) is 5.82 Å². The van der Waals surface area contributed by atoms with Gasteiger partial charge in [0.25, 0.3) is 5.91 Å². The van der Waals surface area contributed by atoms with Gasteiger partial charge in [0, 0.05) is 12.1 Å². The fourth-order valence-corrected chi connectivity index (χ4v) is 2.20. The van der Waals surface area contributed by atoms with Crippen molar-refractivity contribution in [3.8, 4) is 11.5 Å². The minimum atomic E-state index is -0.273. The van der Waals surface area contributed by atoms with E-state index in [4.69, 9.17) is 9.47 Å². The first-order valence-corrected chi connectivity index (χ1v) is 7.47.